The average Bonchev–Trinajstić information content (AvgIpc) is 2.58. The van der Waals surface area contributed by atoms with Crippen LogP contribution < -0.4 is 5.01 Å². The number of carbonyl (C=O) groups is 3. The standard InChI is InChI=1S/C10H5ClN2O4/c11-5-1-3-6(4-2-5)13-9(15)8(14)7(12-13)10(16)17/h1-4H,(H,16,17). The van der Waals surface area contributed by atoms with Crippen molar-refractivity contribution in [1.82, 2.24) is 0 Å². The molecule has 0 saturated carbocycles. The minimum absolute atomic E-state index is 0.281. The van der Waals surface area contributed by atoms with Gasteiger partial charge < -0.3 is 5.11 Å². The topological polar surface area (TPSA) is 87.0 Å². The minimum atomic E-state index is -1.53. The Balaban J connectivity index is 2.41. The molecule has 0 aliphatic carbocycles. The Hall–Kier alpha value is -2.21. The largest absolute Gasteiger partial charge is 0.476 e. The van der Waals surface area contributed by atoms with Crippen molar-refractivity contribution in [3.63, 3.8) is 0 Å². The lowest BCUT2D eigenvalue weighted by Gasteiger charge is -2.09. The number of aliphatic carboxylic acids is 1. The summed E-state index contributed by atoms with van der Waals surface area (Å²) in [4.78, 5) is 33.4. The van der Waals surface area contributed by atoms with Crippen molar-refractivity contribution in [2.24, 2.45) is 5.10 Å². The molecule has 1 aliphatic rings. The number of hydrogen-bond acceptors (Lipinski definition) is 4. The van der Waals surface area contributed by atoms with Crippen LogP contribution in [0, 0.1) is 0 Å². The number of carbonyl (C=O) groups excluding carboxylic acids is 2. The third-order valence-corrected chi connectivity index (χ3v) is 2.33. The number of nitrogens with zero attached hydrogens (tertiary/aromatic N) is 2. The monoisotopic (exact) mass is 252 g/mol. The fraction of sp³-hybridized carbons (Fsp3) is 0. The molecule has 0 saturated heterocycles. The highest BCUT2D eigenvalue weighted by atomic mass is 35.5. The first-order valence-corrected chi connectivity index (χ1v) is 4.85. The summed E-state index contributed by atoms with van der Waals surface area (Å²) in [5, 5.41) is 13.3. The molecule has 0 aromatic heterocycles. The van der Waals surface area contributed by atoms with Crippen LogP contribution in [0.3, 0.4) is 0 Å². The first-order valence-electron chi connectivity index (χ1n) is 4.47. The third kappa shape index (κ3) is 1.90. The zero-order valence-electron chi connectivity index (χ0n) is 8.25. The van der Waals surface area contributed by atoms with Crippen LogP contribution in [0.4, 0.5) is 5.69 Å². The number of Topliss-reactive ketones (excluding diaryl/α,β-unsaturated/α-hetero) is 1. The first kappa shape index (κ1) is 11.3. The lowest BCUT2D eigenvalue weighted by Crippen LogP contribution is -2.29. The number of carboxylic acid groups (broad SMARTS) is 1. The van der Waals surface area contributed by atoms with E-state index in [1.807, 2.05) is 0 Å². The molecule has 0 unspecified atom stereocenters. The Kier molecular flexibility index (Phi) is 2.64. The second-order valence-electron chi connectivity index (χ2n) is 3.18. The van der Waals surface area contributed by atoms with Gasteiger partial charge in [-0.1, -0.05) is 11.6 Å². The van der Waals surface area contributed by atoms with Crippen molar-refractivity contribution in [1.29, 1.82) is 0 Å². The fourth-order valence-electron chi connectivity index (χ4n) is 1.29. The molecule has 0 fully saturated rings. The number of halogens is 1. The quantitative estimate of drug-likeness (QED) is 0.785. The number of ketones is 1. The van der Waals surface area contributed by atoms with Gasteiger partial charge in [-0.25, -0.2) is 4.79 Å². The van der Waals surface area contributed by atoms with Gasteiger partial charge in [0.2, 0.25) is 5.71 Å². The molecule has 1 aliphatic heterocycles. The van der Waals surface area contributed by atoms with Gasteiger partial charge in [0.1, 0.15) is 0 Å². The van der Waals surface area contributed by atoms with Gasteiger partial charge in [0.25, 0.3) is 5.78 Å². The van der Waals surface area contributed by atoms with Crippen LogP contribution in [0.25, 0.3) is 0 Å². The molecular formula is C10H5ClN2O4. The molecule has 0 spiro atoms. The molecule has 6 nitrogen and oxygen atoms in total. The minimum Gasteiger partial charge on any atom is -0.476 e. The SMILES string of the molecule is O=C(O)C1=NN(c2ccc(Cl)cc2)C(=O)C1=O. The number of carboxylic acids is 1. The number of amides is 1. The van der Waals surface area contributed by atoms with Crippen LogP contribution in [-0.4, -0.2) is 28.5 Å². The molecule has 0 atom stereocenters. The van der Waals surface area contributed by atoms with Gasteiger partial charge in [-0.15, -0.1) is 0 Å². The molecule has 1 aromatic rings. The molecule has 1 amide bonds. The van der Waals surface area contributed by atoms with Crippen molar-refractivity contribution in [2.75, 3.05) is 5.01 Å². The lowest BCUT2D eigenvalue weighted by atomic mass is 10.2. The second-order valence-corrected chi connectivity index (χ2v) is 3.61. The van der Waals surface area contributed by atoms with Crippen LogP contribution in [0.1, 0.15) is 0 Å². The van der Waals surface area contributed by atoms with Crippen molar-refractivity contribution >= 4 is 40.7 Å². The van der Waals surface area contributed by atoms with E-state index in [-0.39, 0.29) is 5.69 Å². The average molecular weight is 253 g/mol. The van der Waals surface area contributed by atoms with Crippen LogP contribution in [0.2, 0.25) is 5.02 Å². The smallest absolute Gasteiger partial charge is 0.360 e. The molecule has 86 valence electrons. The maximum atomic E-state index is 11.5. The van der Waals surface area contributed by atoms with E-state index >= 15 is 0 Å². The second kappa shape index (κ2) is 3.99. The van der Waals surface area contributed by atoms with Crippen molar-refractivity contribution < 1.29 is 19.5 Å². The highest BCUT2D eigenvalue weighted by molar-refractivity contribution is 6.81. The molecule has 1 heterocycles. The number of hydrazone groups is 1. The number of anilines is 1. The summed E-state index contributed by atoms with van der Waals surface area (Å²) in [5.41, 5.74) is -0.506. The first-order chi connectivity index (χ1) is 8.00. The molecule has 0 bridgehead atoms. The van der Waals surface area contributed by atoms with Crippen LogP contribution in [-0.2, 0) is 14.4 Å². The highest BCUT2D eigenvalue weighted by Gasteiger charge is 2.38. The molecule has 0 radical (unpaired) electrons. The van der Waals surface area contributed by atoms with Gasteiger partial charge in [-0.3, -0.25) is 9.59 Å². The van der Waals surface area contributed by atoms with E-state index in [1.165, 1.54) is 24.3 Å². The normalized spacial score (nSPS) is 15.1. The Morgan fingerprint density at radius 3 is 2.29 bits per heavy atom. The third-order valence-electron chi connectivity index (χ3n) is 2.08. The highest BCUT2D eigenvalue weighted by Crippen LogP contribution is 2.21. The number of benzene rings is 1. The van der Waals surface area contributed by atoms with E-state index in [0.717, 1.165) is 5.01 Å². The molecule has 2 rings (SSSR count). The van der Waals surface area contributed by atoms with E-state index in [9.17, 15) is 14.4 Å². The molecule has 1 N–H and O–H groups in total. The van der Waals surface area contributed by atoms with Gasteiger partial charge in [-0.2, -0.15) is 10.1 Å². The predicted octanol–water partition coefficient (Wildman–Crippen LogP) is 0.696. The van der Waals surface area contributed by atoms with E-state index < -0.39 is 23.4 Å². The summed E-state index contributed by atoms with van der Waals surface area (Å²) >= 11 is 5.66. The summed E-state index contributed by atoms with van der Waals surface area (Å²) < 4.78 is 0. The van der Waals surface area contributed by atoms with Crippen LogP contribution in [0.15, 0.2) is 29.4 Å². The Labute approximate surface area is 100 Å². The van der Waals surface area contributed by atoms with E-state index in [2.05, 4.69) is 5.10 Å². The van der Waals surface area contributed by atoms with Crippen molar-refractivity contribution in [3.05, 3.63) is 29.3 Å². The van der Waals surface area contributed by atoms with E-state index in [1.54, 1.807) is 0 Å². The summed E-state index contributed by atoms with van der Waals surface area (Å²) in [5.74, 6) is -3.66. The molecular weight excluding hydrogens is 248 g/mol. The zero-order valence-corrected chi connectivity index (χ0v) is 9.01. The summed E-state index contributed by atoms with van der Waals surface area (Å²) in [6.45, 7) is 0. The summed E-state index contributed by atoms with van der Waals surface area (Å²) in [6, 6.07) is 5.93. The van der Waals surface area contributed by atoms with E-state index in [0.29, 0.717) is 5.02 Å². The van der Waals surface area contributed by atoms with Gasteiger partial charge in [0.05, 0.1) is 5.69 Å². The Bertz CT molecular complexity index is 550. The fourth-order valence-corrected chi connectivity index (χ4v) is 1.41. The van der Waals surface area contributed by atoms with Gasteiger partial charge in [0.15, 0.2) is 0 Å². The maximum absolute atomic E-state index is 11.5. The van der Waals surface area contributed by atoms with Crippen LogP contribution >= 0.6 is 11.6 Å². The number of hydrogen-bond donors (Lipinski definition) is 1. The summed E-state index contributed by atoms with van der Waals surface area (Å²) in [6.07, 6.45) is 0. The van der Waals surface area contributed by atoms with Crippen LogP contribution in [0.5, 0.6) is 0 Å². The number of rotatable bonds is 2. The Morgan fingerprint density at radius 1 is 1.24 bits per heavy atom. The molecule has 17 heavy (non-hydrogen) atoms. The van der Waals surface area contributed by atoms with Gasteiger partial charge in [-0.05, 0) is 24.3 Å². The predicted molar refractivity (Wildman–Crippen MR) is 59.0 cm³/mol. The molecule has 7 heteroatoms. The van der Waals surface area contributed by atoms with Gasteiger partial charge >= 0.3 is 11.9 Å². The summed E-state index contributed by atoms with van der Waals surface area (Å²) in [7, 11) is 0. The Morgan fingerprint density at radius 2 is 1.82 bits per heavy atom. The van der Waals surface area contributed by atoms with Crippen molar-refractivity contribution in [2.45, 2.75) is 0 Å². The molecule has 1 aromatic carbocycles. The van der Waals surface area contributed by atoms with Crippen molar-refractivity contribution in [3.8, 4) is 0 Å². The lowest BCUT2D eigenvalue weighted by molar-refractivity contribution is -0.134. The zero-order chi connectivity index (χ0) is 12.6. The maximum Gasteiger partial charge on any atom is 0.360 e. The van der Waals surface area contributed by atoms with Gasteiger partial charge in [0, 0.05) is 5.02 Å². The van der Waals surface area contributed by atoms with E-state index in [4.69, 9.17) is 16.7 Å².